The van der Waals surface area contributed by atoms with Crippen LogP contribution in [0.2, 0.25) is 0 Å². The predicted octanol–water partition coefficient (Wildman–Crippen LogP) is 3.18. The molecule has 0 radical (unpaired) electrons. The van der Waals surface area contributed by atoms with Gasteiger partial charge in [0.05, 0.1) is 17.4 Å². The van der Waals surface area contributed by atoms with Gasteiger partial charge in [-0.05, 0) is 25.5 Å². The first-order valence-electron chi connectivity index (χ1n) is 7.91. The molecule has 2 rings (SSSR count). The van der Waals surface area contributed by atoms with Gasteiger partial charge in [-0.1, -0.05) is 31.0 Å². The van der Waals surface area contributed by atoms with E-state index >= 15 is 0 Å². The summed E-state index contributed by atoms with van der Waals surface area (Å²) in [5.41, 5.74) is -0.971. The van der Waals surface area contributed by atoms with Gasteiger partial charge in [-0.2, -0.15) is 18.3 Å². The van der Waals surface area contributed by atoms with E-state index in [1.807, 2.05) is 0 Å². The number of aliphatic carboxylic acids is 1. The van der Waals surface area contributed by atoms with E-state index in [9.17, 15) is 22.8 Å². The van der Waals surface area contributed by atoms with Crippen molar-refractivity contribution in [1.29, 1.82) is 0 Å². The number of carbonyl (C=O) groups is 2. The highest BCUT2D eigenvalue weighted by molar-refractivity contribution is 5.97. The largest absolute Gasteiger partial charge is 0.480 e. The molecule has 1 heterocycles. The normalized spacial score (nSPS) is 12.7. The summed E-state index contributed by atoms with van der Waals surface area (Å²) >= 11 is 0. The van der Waals surface area contributed by atoms with Gasteiger partial charge in [0.25, 0.3) is 5.91 Å². The minimum Gasteiger partial charge on any atom is -0.480 e. The molecule has 0 spiro atoms. The molecule has 1 unspecified atom stereocenters. The number of benzene rings is 1. The number of amides is 1. The summed E-state index contributed by atoms with van der Waals surface area (Å²) in [4.78, 5) is 23.4. The van der Waals surface area contributed by atoms with Crippen molar-refractivity contribution in [1.82, 2.24) is 15.1 Å². The molecule has 0 aliphatic carbocycles. The average molecular weight is 369 g/mol. The lowest BCUT2D eigenvalue weighted by Gasteiger charge is -2.15. The van der Waals surface area contributed by atoms with Crippen molar-refractivity contribution in [3.63, 3.8) is 0 Å². The highest BCUT2D eigenvalue weighted by Crippen LogP contribution is 2.33. The van der Waals surface area contributed by atoms with E-state index in [1.54, 1.807) is 26.0 Å². The molecule has 6 nitrogen and oxygen atoms in total. The van der Waals surface area contributed by atoms with Gasteiger partial charge >= 0.3 is 12.1 Å². The highest BCUT2D eigenvalue weighted by Gasteiger charge is 2.41. The molecule has 0 saturated carbocycles. The molecule has 0 bridgehead atoms. The lowest BCUT2D eigenvalue weighted by atomic mass is 10.1. The maximum absolute atomic E-state index is 13.6. The van der Waals surface area contributed by atoms with Crippen molar-refractivity contribution >= 4 is 11.9 Å². The molecule has 140 valence electrons. The number of carboxylic acids is 1. The van der Waals surface area contributed by atoms with Crippen molar-refractivity contribution in [2.24, 2.45) is 0 Å². The predicted molar refractivity (Wildman–Crippen MR) is 87.1 cm³/mol. The van der Waals surface area contributed by atoms with Crippen molar-refractivity contribution in [3.05, 3.63) is 47.3 Å². The fourth-order valence-electron chi connectivity index (χ4n) is 2.45. The van der Waals surface area contributed by atoms with Crippen LogP contribution in [0.15, 0.2) is 30.5 Å². The first kappa shape index (κ1) is 19.5. The minimum atomic E-state index is -4.85. The Kier molecular flexibility index (Phi) is 5.69. The Balaban J connectivity index is 2.44. The minimum absolute atomic E-state index is 0.106. The molecule has 26 heavy (non-hydrogen) atoms. The number of alkyl halides is 3. The lowest BCUT2D eigenvalue weighted by molar-refractivity contribution is -0.143. The molecule has 0 fully saturated rings. The highest BCUT2D eigenvalue weighted by atomic mass is 19.4. The summed E-state index contributed by atoms with van der Waals surface area (Å²) in [6.07, 6.45) is -3.50. The topological polar surface area (TPSA) is 84.2 Å². The standard InChI is InChI=1S/C17H18F3N3O3/c1-3-4-13(16(25)26)22-15(24)12-9-21-23(14(12)17(18,19)20)11-7-5-10(2)6-8-11/h5-9,13H,3-4H2,1-2H3,(H,22,24)(H,25,26). The summed E-state index contributed by atoms with van der Waals surface area (Å²) in [5.74, 6) is -2.43. The zero-order chi connectivity index (χ0) is 19.5. The zero-order valence-electron chi connectivity index (χ0n) is 14.2. The summed E-state index contributed by atoms with van der Waals surface area (Å²) in [7, 11) is 0. The van der Waals surface area contributed by atoms with E-state index < -0.39 is 35.4 Å². The van der Waals surface area contributed by atoms with Crippen LogP contribution in [0.3, 0.4) is 0 Å². The van der Waals surface area contributed by atoms with Crippen LogP contribution >= 0.6 is 0 Å². The Morgan fingerprint density at radius 2 is 1.88 bits per heavy atom. The Hall–Kier alpha value is -2.84. The molecule has 1 aromatic carbocycles. The van der Waals surface area contributed by atoms with E-state index in [0.29, 0.717) is 11.1 Å². The number of rotatable bonds is 6. The number of halogens is 3. The first-order chi connectivity index (χ1) is 12.1. The number of hydrogen-bond acceptors (Lipinski definition) is 3. The number of aromatic nitrogens is 2. The van der Waals surface area contributed by atoms with Gasteiger partial charge < -0.3 is 10.4 Å². The van der Waals surface area contributed by atoms with Gasteiger partial charge in [0.2, 0.25) is 0 Å². The molecular weight excluding hydrogens is 351 g/mol. The van der Waals surface area contributed by atoms with Gasteiger partial charge in [-0.25, -0.2) is 9.48 Å². The molecule has 0 aliphatic rings. The van der Waals surface area contributed by atoms with Gasteiger partial charge in [-0.15, -0.1) is 0 Å². The maximum atomic E-state index is 13.6. The van der Waals surface area contributed by atoms with Gasteiger partial charge in [0, 0.05) is 0 Å². The Bertz CT molecular complexity index is 798. The van der Waals surface area contributed by atoms with E-state index in [4.69, 9.17) is 5.11 Å². The zero-order valence-corrected chi connectivity index (χ0v) is 14.2. The molecular formula is C17H18F3N3O3. The number of hydrogen-bond donors (Lipinski definition) is 2. The number of nitrogens with one attached hydrogen (secondary N) is 1. The van der Waals surface area contributed by atoms with Crippen LogP contribution < -0.4 is 5.32 Å². The maximum Gasteiger partial charge on any atom is 0.434 e. The molecule has 2 N–H and O–H groups in total. The Morgan fingerprint density at radius 3 is 2.38 bits per heavy atom. The third-order valence-corrected chi connectivity index (χ3v) is 3.74. The number of nitrogens with zero attached hydrogens (tertiary/aromatic N) is 2. The van der Waals surface area contributed by atoms with Crippen LogP contribution in [0.5, 0.6) is 0 Å². The number of carbonyl (C=O) groups excluding carboxylic acids is 1. The Labute approximate surface area is 147 Å². The van der Waals surface area contributed by atoms with Gasteiger partial charge in [-0.3, -0.25) is 4.79 Å². The molecule has 9 heteroatoms. The van der Waals surface area contributed by atoms with Gasteiger partial charge in [0.1, 0.15) is 6.04 Å². The van der Waals surface area contributed by atoms with Crippen LogP contribution in [0.4, 0.5) is 13.2 Å². The molecule has 2 aromatic rings. The fraction of sp³-hybridized carbons (Fsp3) is 0.353. The van der Waals surface area contributed by atoms with Crippen molar-refractivity contribution in [2.45, 2.75) is 38.9 Å². The SMILES string of the molecule is CCCC(NC(=O)c1cnn(-c2ccc(C)cc2)c1C(F)(F)F)C(=O)O. The third kappa shape index (κ3) is 4.22. The van der Waals surface area contributed by atoms with Crippen LogP contribution in [-0.4, -0.2) is 32.8 Å². The van der Waals surface area contributed by atoms with Crippen LogP contribution in [0, 0.1) is 6.92 Å². The van der Waals surface area contributed by atoms with E-state index in [1.165, 1.54) is 12.1 Å². The third-order valence-electron chi connectivity index (χ3n) is 3.74. The summed E-state index contributed by atoms with van der Waals surface area (Å²) in [6, 6.07) is 4.89. The molecule has 1 aromatic heterocycles. The summed E-state index contributed by atoms with van der Waals surface area (Å²) < 4.78 is 41.3. The summed E-state index contributed by atoms with van der Waals surface area (Å²) in [5, 5.41) is 14.9. The Morgan fingerprint density at radius 1 is 1.27 bits per heavy atom. The average Bonchev–Trinajstić information content (AvgIpc) is 3.00. The molecule has 0 aliphatic heterocycles. The van der Waals surface area contributed by atoms with E-state index in [0.717, 1.165) is 11.8 Å². The van der Waals surface area contributed by atoms with E-state index in [2.05, 4.69) is 10.4 Å². The second-order valence-corrected chi connectivity index (χ2v) is 5.80. The second kappa shape index (κ2) is 7.59. The second-order valence-electron chi connectivity index (χ2n) is 5.80. The van der Waals surface area contributed by atoms with Crippen LogP contribution in [0.1, 0.15) is 41.4 Å². The van der Waals surface area contributed by atoms with Crippen LogP contribution in [-0.2, 0) is 11.0 Å². The van der Waals surface area contributed by atoms with Crippen LogP contribution in [0.25, 0.3) is 5.69 Å². The number of carboxylic acid groups (broad SMARTS) is 1. The van der Waals surface area contributed by atoms with Crippen molar-refractivity contribution < 1.29 is 27.9 Å². The molecule has 1 amide bonds. The molecule has 1 atom stereocenters. The number of aryl methyl sites for hydroxylation is 1. The monoisotopic (exact) mass is 369 g/mol. The lowest BCUT2D eigenvalue weighted by Crippen LogP contribution is -2.41. The first-order valence-corrected chi connectivity index (χ1v) is 7.91. The van der Waals surface area contributed by atoms with E-state index in [-0.39, 0.29) is 12.1 Å². The van der Waals surface area contributed by atoms with Gasteiger partial charge in [0.15, 0.2) is 5.69 Å². The molecule has 0 saturated heterocycles. The fourth-order valence-corrected chi connectivity index (χ4v) is 2.45. The quantitative estimate of drug-likeness (QED) is 0.819. The van der Waals surface area contributed by atoms with Crippen molar-refractivity contribution in [3.8, 4) is 5.69 Å². The van der Waals surface area contributed by atoms with Crippen molar-refractivity contribution in [2.75, 3.05) is 0 Å². The smallest absolute Gasteiger partial charge is 0.434 e. The summed E-state index contributed by atoms with van der Waals surface area (Å²) in [6.45, 7) is 3.49.